The molecule has 1 aromatic heterocycles. The van der Waals surface area contributed by atoms with Crippen LogP contribution >= 0.6 is 11.3 Å². The van der Waals surface area contributed by atoms with Crippen molar-refractivity contribution < 1.29 is 14.6 Å². The van der Waals surface area contributed by atoms with Crippen LogP contribution in [0.25, 0.3) is 0 Å². The van der Waals surface area contributed by atoms with Crippen LogP contribution < -0.4 is 5.32 Å². The number of hydrogen-bond donors (Lipinski definition) is 2. The number of rotatable bonds is 4. The lowest BCUT2D eigenvalue weighted by atomic mass is 10.2. The molecule has 6 heteroatoms. The summed E-state index contributed by atoms with van der Waals surface area (Å²) < 4.78 is 5.43. The summed E-state index contributed by atoms with van der Waals surface area (Å²) in [7, 11) is 0. The fraction of sp³-hybridized carbons (Fsp3) is 0.556. The molecule has 0 radical (unpaired) electrons. The van der Waals surface area contributed by atoms with Crippen LogP contribution in [0.15, 0.2) is 5.51 Å². The molecule has 1 aliphatic heterocycles. The first kappa shape index (κ1) is 10.4. The van der Waals surface area contributed by atoms with Gasteiger partial charge in [-0.1, -0.05) is 0 Å². The number of carboxylic acids is 1. The van der Waals surface area contributed by atoms with Crippen molar-refractivity contribution in [1.82, 2.24) is 4.98 Å². The lowest BCUT2D eigenvalue weighted by Crippen LogP contribution is -2.19. The topological polar surface area (TPSA) is 71.5 Å². The predicted molar refractivity (Wildman–Crippen MR) is 56.5 cm³/mol. The molecule has 2 rings (SSSR count). The van der Waals surface area contributed by atoms with E-state index in [1.807, 2.05) is 0 Å². The maximum absolute atomic E-state index is 10.8. The van der Waals surface area contributed by atoms with Gasteiger partial charge in [-0.2, -0.15) is 0 Å². The number of aromatic nitrogens is 1. The molecule has 1 unspecified atom stereocenters. The quantitative estimate of drug-likeness (QED) is 0.815. The van der Waals surface area contributed by atoms with Gasteiger partial charge in [-0.05, 0) is 12.8 Å². The van der Waals surface area contributed by atoms with Crippen molar-refractivity contribution in [2.75, 3.05) is 18.5 Å². The molecule has 2 heterocycles. The monoisotopic (exact) mass is 228 g/mol. The van der Waals surface area contributed by atoms with Gasteiger partial charge in [0, 0.05) is 13.2 Å². The number of thiazole rings is 1. The van der Waals surface area contributed by atoms with Gasteiger partial charge in [-0.25, -0.2) is 9.78 Å². The average Bonchev–Trinajstić information content (AvgIpc) is 2.86. The fourth-order valence-corrected chi connectivity index (χ4v) is 2.22. The number of carbonyl (C=O) groups is 1. The van der Waals surface area contributed by atoms with Gasteiger partial charge in [0.25, 0.3) is 0 Å². The molecular formula is C9H12N2O3S. The van der Waals surface area contributed by atoms with E-state index in [1.165, 1.54) is 16.8 Å². The third kappa shape index (κ3) is 2.45. The zero-order chi connectivity index (χ0) is 10.7. The summed E-state index contributed by atoms with van der Waals surface area (Å²) in [4.78, 5) is 14.5. The number of nitrogens with zero attached hydrogens (tertiary/aromatic N) is 1. The highest BCUT2D eigenvalue weighted by Gasteiger charge is 2.18. The number of anilines is 1. The predicted octanol–water partition coefficient (Wildman–Crippen LogP) is 1.43. The summed E-state index contributed by atoms with van der Waals surface area (Å²) in [6.07, 6.45) is 2.32. The van der Waals surface area contributed by atoms with Crippen LogP contribution in [-0.2, 0) is 4.74 Å². The van der Waals surface area contributed by atoms with Crippen molar-refractivity contribution in [2.45, 2.75) is 18.9 Å². The molecule has 1 fully saturated rings. The van der Waals surface area contributed by atoms with Gasteiger partial charge in [0.15, 0.2) is 5.69 Å². The lowest BCUT2D eigenvalue weighted by molar-refractivity contribution is 0.0692. The highest BCUT2D eigenvalue weighted by molar-refractivity contribution is 7.14. The second-order valence-corrected chi connectivity index (χ2v) is 4.21. The minimum absolute atomic E-state index is 0.0954. The van der Waals surface area contributed by atoms with E-state index in [9.17, 15) is 4.79 Å². The summed E-state index contributed by atoms with van der Waals surface area (Å²) in [6.45, 7) is 1.46. The molecule has 1 aromatic rings. The molecular weight excluding hydrogens is 216 g/mol. The number of nitrogens with one attached hydrogen (secondary N) is 1. The molecule has 0 saturated carbocycles. The van der Waals surface area contributed by atoms with Crippen LogP contribution in [0.2, 0.25) is 0 Å². The summed E-state index contributed by atoms with van der Waals surface area (Å²) in [5, 5.41) is 12.5. The van der Waals surface area contributed by atoms with Gasteiger partial charge >= 0.3 is 5.97 Å². The van der Waals surface area contributed by atoms with E-state index in [1.54, 1.807) is 0 Å². The smallest absolute Gasteiger partial charge is 0.357 e. The maximum atomic E-state index is 10.8. The van der Waals surface area contributed by atoms with Gasteiger partial charge in [-0.3, -0.25) is 0 Å². The summed E-state index contributed by atoms with van der Waals surface area (Å²) in [5.74, 6) is -0.994. The maximum Gasteiger partial charge on any atom is 0.357 e. The number of carboxylic acid groups (broad SMARTS) is 1. The number of aromatic carboxylic acids is 1. The van der Waals surface area contributed by atoms with Gasteiger partial charge in [0.1, 0.15) is 5.00 Å². The lowest BCUT2D eigenvalue weighted by Gasteiger charge is -2.10. The van der Waals surface area contributed by atoms with E-state index in [2.05, 4.69) is 10.3 Å². The molecule has 1 aliphatic rings. The summed E-state index contributed by atoms with van der Waals surface area (Å²) in [5.41, 5.74) is 1.62. The molecule has 82 valence electrons. The van der Waals surface area contributed by atoms with E-state index in [-0.39, 0.29) is 11.8 Å². The Kier molecular flexibility index (Phi) is 3.17. The van der Waals surface area contributed by atoms with Crippen molar-refractivity contribution in [2.24, 2.45) is 0 Å². The van der Waals surface area contributed by atoms with Gasteiger partial charge in [0.05, 0.1) is 11.6 Å². The van der Waals surface area contributed by atoms with Crippen molar-refractivity contribution in [3.8, 4) is 0 Å². The minimum atomic E-state index is -0.994. The molecule has 1 atom stereocenters. The molecule has 0 spiro atoms. The Labute approximate surface area is 91.1 Å². The van der Waals surface area contributed by atoms with Crippen LogP contribution in [0, 0.1) is 0 Å². The Morgan fingerprint density at radius 1 is 1.80 bits per heavy atom. The molecule has 0 bridgehead atoms. The van der Waals surface area contributed by atoms with E-state index in [0.29, 0.717) is 11.5 Å². The highest BCUT2D eigenvalue weighted by atomic mass is 32.1. The van der Waals surface area contributed by atoms with E-state index in [0.717, 1.165) is 19.4 Å². The third-order valence-electron chi connectivity index (χ3n) is 2.28. The Hall–Kier alpha value is -1.14. The Morgan fingerprint density at radius 2 is 2.67 bits per heavy atom. The summed E-state index contributed by atoms with van der Waals surface area (Å²) >= 11 is 1.30. The average molecular weight is 228 g/mol. The second-order valence-electron chi connectivity index (χ2n) is 3.35. The van der Waals surface area contributed by atoms with E-state index >= 15 is 0 Å². The van der Waals surface area contributed by atoms with Crippen molar-refractivity contribution >= 4 is 22.3 Å². The van der Waals surface area contributed by atoms with E-state index < -0.39 is 5.97 Å². The van der Waals surface area contributed by atoms with Crippen molar-refractivity contribution in [3.05, 3.63) is 11.2 Å². The fourth-order valence-electron chi connectivity index (χ4n) is 1.54. The molecule has 2 N–H and O–H groups in total. The zero-order valence-corrected chi connectivity index (χ0v) is 8.92. The van der Waals surface area contributed by atoms with Gasteiger partial charge < -0.3 is 15.2 Å². The van der Waals surface area contributed by atoms with Crippen LogP contribution in [0.5, 0.6) is 0 Å². The van der Waals surface area contributed by atoms with E-state index in [4.69, 9.17) is 9.84 Å². The second kappa shape index (κ2) is 4.59. The van der Waals surface area contributed by atoms with Gasteiger partial charge in [0.2, 0.25) is 0 Å². The van der Waals surface area contributed by atoms with Crippen molar-refractivity contribution in [3.63, 3.8) is 0 Å². The zero-order valence-electron chi connectivity index (χ0n) is 8.10. The minimum Gasteiger partial charge on any atom is -0.476 e. The van der Waals surface area contributed by atoms with Crippen LogP contribution in [0.4, 0.5) is 5.00 Å². The third-order valence-corrected chi connectivity index (χ3v) is 3.07. The highest BCUT2D eigenvalue weighted by Crippen LogP contribution is 2.21. The Bertz CT molecular complexity index is 347. The Balaban J connectivity index is 1.92. The first-order valence-electron chi connectivity index (χ1n) is 4.79. The Morgan fingerprint density at radius 3 is 3.33 bits per heavy atom. The van der Waals surface area contributed by atoms with Crippen LogP contribution in [0.1, 0.15) is 23.3 Å². The van der Waals surface area contributed by atoms with Gasteiger partial charge in [-0.15, -0.1) is 11.3 Å². The van der Waals surface area contributed by atoms with Crippen LogP contribution in [-0.4, -0.2) is 35.3 Å². The number of hydrogen-bond acceptors (Lipinski definition) is 5. The standard InChI is InChI=1S/C9H12N2O3S/c12-9(13)7-8(15-5-11-7)10-4-6-2-1-3-14-6/h5-6,10H,1-4H2,(H,12,13). The normalized spacial score (nSPS) is 20.4. The molecule has 1 saturated heterocycles. The molecule has 0 aliphatic carbocycles. The van der Waals surface area contributed by atoms with Crippen LogP contribution in [0.3, 0.4) is 0 Å². The number of ether oxygens (including phenoxy) is 1. The first-order chi connectivity index (χ1) is 7.27. The molecule has 15 heavy (non-hydrogen) atoms. The largest absolute Gasteiger partial charge is 0.476 e. The summed E-state index contributed by atoms with van der Waals surface area (Å²) in [6, 6.07) is 0. The molecule has 0 aromatic carbocycles. The molecule has 0 amide bonds. The SMILES string of the molecule is O=C(O)c1ncsc1NCC1CCCO1. The molecule has 5 nitrogen and oxygen atoms in total. The van der Waals surface area contributed by atoms with Crippen molar-refractivity contribution in [1.29, 1.82) is 0 Å². The first-order valence-corrected chi connectivity index (χ1v) is 5.67.